The van der Waals surface area contributed by atoms with Crippen molar-refractivity contribution in [2.75, 3.05) is 30.9 Å². The van der Waals surface area contributed by atoms with Crippen LogP contribution in [0.4, 0.5) is 11.4 Å². The molecule has 0 spiro atoms. The van der Waals surface area contributed by atoms with Gasteiger partial charge in [-0.2, -0.15) is 5.26 Å². The first-order chi connectivity index (χ1) is 13.3. The largest absolute Gasteiger partial charge is 0.448 e. The van der Waals surface area contributed by atoms with Gasteiger partial charge >= 0.3 is 5.97 Å². The van der Waals surface area contributed by atoms with E-state index in [9.17, 15) is 14.9 Å². The molecule has 1 amide bonds. The van der Waals surface area contributed by atoms with Gasteiger partial charge in [-0.25, -0.2) is 4.79 Å². The second-order valence-electron chi connectivity index (χ2n) is 6.44. The average Bonchev–Trinajstić information content (AvgIpc) is 2.71. The fourth-order valence-electron chi connectivity index (χ4n) is 2.50. The molecule has 0 bridgehead atoms. The van der Waals surface area contributed by atoms with Crippen LogP contribution in [-0.2, 0) is 14.3 Å². The van der Waals surface area contributed by atoms with Gasteiger partial charge in [-0.1, -0.05) is 30.3 Å². The molecule has 2 aromatic carbocycles. The second-order valence-corrected chi connectivity index (χ2v) is 6.44. The molecule has 1 unspecified atom stereocenters. The van der Waals surface area contributed by atoms with Crippen LogP contribution in [0.1, 0.15) is 12.5 Å². The van der Waals surface area contributed by atoms with E-state index in [1.807, 2.05) is 55.4 Å². The number of anilines is 2. The van der Waals surface area contributed by atoms with E-state index in [0.717, 1.165) is 5.69 Å². The summed E-state index contributed by atoms with van der Waals surface area (Å²) in [4.78, 5) is 28.2. The second kappa shape index (κ2) is 9.38. The molecule has 2 aromatic rings. The molecule has 6 nitrogen and oxygen atoms in total. The molecule has 0 aromatic heterocycles. The zero-order chi connectivity index (χ0) is 20.7. The van der Waals surface area contributed by atoms with Crippen molar-refractivity contribution in [3.8, 4) is 6.07 Å². The van der Waals surface area contributed by atoms with Crippen molar-refractivity contribution < 1.29 is 14.3 Å². The molecule has 6 heteroatoms. The molecule has 0 saturated carbocycles. The number of amides is 1. The lowest BCUT2D eigenvalue weighted by Crippen LogP contribution is -2.37. The summed E-state index contributed by atoms with van der Waals surface area (Å²) in [6.45, 7) is 1.49. The van der Waals surface area contributed by atoms with Crippen LogP contribution >= 0.6 is 0 Å². The molecule has 0 heterocycles. The van der Waals surface area contributed by atoms with Gasteiger partial charge in [0.15, 0.2) is 6.10 Å². The van der Waals surface area contributed by atoms with Gasteiger partial charge in [0.2, 0.25) is 0 Å². The van der Waals surface area contributed by atoms with Gasteiger partial charge in [-0.3, -0.25) is 4.79 Å². The number of para-hydroxylation sites is 1. The first-order valence-corrected chi connectivity index (χ1v) is 8.76. The fraction of sp³-hybridized carbons (Fsp3) is 0.227. The lowest BCUT2D eigenvalue weighted by molar-refractivity contribution is -0.149. The Bertz CT molecular complexity index is 897. The van der Waals surface area contributed by atoms with E-state index in [0.29, 0.717) is 11.3 Å². The molecular formula is C22H23N3O3. The minimum atomic E-state index is -1.02. The van der Waals surface area contributed by atoms with E-state index in [2.05, 4.69) is 0 Å². The van der Waals surface area contributed by atoms with Crippen molar-refractivity contribution in [1.82, 2.24) is 0 Å². The van der Waals surface area contributed by atoms with Gasteiger partial charge in [-0.05, 0) is 42.8 Å². The van der Waals surface area contributed by atoms with E-state index in [1.54, 1.807) is 31.3 Å². The van der Waals surface area contributed by atoms with Crippen molar-refractivity contribution in [2.24, 2.45) is 0 Å². The minimum Gasteiger partial charge on any atom is -0.448 e. The number of hydrogen-bond acceptors (Lipinski definition) is 5. The van der Waals surface area contributed by atoms with Crippen molar-refractivity contribution >= 4 is 29.3 Å². The highest BCUT2D eigenvalue weighted by Crippen LogP contribution is 2.16. The standard InChI is InChI=1S/C22H23N3O3/c1-16(21(26)25(4)20-8-6-5-7-9-20)28-22(27)18(15-23)14-17-10-12-19(13-11-17)24(2)3/h5-14,16H,1-4H3/b18-14+. The Kier molecular flexibility index (Phi) is 6.94. The Morgan fingerprint density at radius 1 is 1.00 bits per heavy atom. The Labute approximate surface area is 165 Å². The first kappa shape index (κ1) is 20.7. The fourth-order valence-corrected chi connectivity index (χ4v) is 2.50. The maximum absolute atomic E-state index is 12.5. The van der Waals surface area contributed by atoms with Gasteiger partial charge in [-0.15, -0.1) is 0 Å². The molecule has 0 radical (unpaired) electrons. The number of carbonyl (C=O) groups excluding carboxylic acids is 2. The highest BCUT2D eigenvalue weighted by Gasteiger charge is 2.24. The van der Waals surface area contributed by atoms with Gasteiger partial charge in [0.25, 0.3) is 5.91 Å². The summed E-state index contributed by atoms with van der Waals surface area (Å²) >= 11 is 0. The molecule has 0 aliphatic rings. The van der Waals surface area contributed by atoms with Crippen molar-refractivity contribution in [3.63, 3.8) is 0 Å². The van der Waals surface area contributed by atoms with Crippen LogP contribution in [0.15, 0.2) is 60.2 Å². The van der Waals surface area contributed by atoms with Crippen LogP contribution in [0.25, 0.3) is 6.08 Å². The third kappa shape index (κ3) is 5.21. The number of esters is 1. The number of likely N-dealkylation sites (N-methyl/N-ethyl adjacent to an activating group) is 1. The predicted octanol–water partition coefficient (Wildman–Crippen LogP) is 3.25. The van der Waals surface area contributed by atoms with Crippen molar-refractivity contribution in [1.29, 1.82) is 5.26 Å². The molecular weight excluding hydrogens is 354 g/mol. The van der Waals surface area contributed by atoms with Crippen LogP contribution in [-0.4, -0.2) is 39.1 Å². The van der Waals surface area contributed by atoms with Crippen molar-refractivity contribution in [2.45, 2.75) is 13.0 Å². The third-order valence-corrected chi connectivity index (χ3v) is 4.17. The van der Waals surface area contributed by atoms with Gasteiger partial charge in [0.05, 0.1) is 0 Å². The van der Waals surface area contributed by atoms with Crippen LogP contribution in [0.3, 0.4) is 0 Å². The lowest BCUT2D eigenvalue weighted by atomic mass is 10.1. The molecule has 144 valence electrons. The highest BCUT2D eigenvalue weighted by atomic mass is 16.5. The summed E-state index contributed by atoms with van der Waals surface area (Å²) in [5, 5.41) is 9.32. The summed E-state index contributed by atoms with van der Waals surface area (Å²) in [6.07, 6.45) is 0.422. The van der Waals surface area contributed by atoms with E-state index >= 15 is 0 Å². The molecule has 28 heavy (non-hydrogen) atoms. The van der Waals surface area contributed by atoms with E-state index in [1.165, 1.54) is 17.9 Å². The summed E-state index contributed by atoms with van der Waals surface area (Å²) in [5.41, 5.74) is 2.22. The van der Waals surface area contributed by atoms with Crippen molar-refractivity contribution in [3.05, 3.63) is 65.7 Å². The SMILES string of the molecule is CC(OC(=O)/C(C#N)=C/c1ccc(N(C)C)cc1)C(=O)N(C)c1ccccc1. The minimum absolute atomic E-state index is 0.167. The van der Waals surface area contributed by atoms with Crippen LogP contribution < -0.4 is 9.80 Å². The molecule has 0 N–H and O–H groups in total. The van der Waals surface area contributed by atoms with E-state index in [-0.39, 0.29) is 11.5 Å². The number of benzene rings is 2. The molecule has 1 atom stereocenters. The van der Waals surface area contributed by atoms with Crippen LogP contribution in [0.2, 0.25) is 0 Å². The summed E-state index contributed by atoms with van der Waals surface area (Å²) in [6, 6.07) is 18.3. The predicted molar refractivity (Wildman–Crippen MR) is 110 cm³/mol. The number of nitrogens with zero attached hydrogens (tertiary/aromatic N) is 3. The Morgan fingerprint density at radius 2 is 1.61 bits per heavy atom. The third-order valence-electron chi connectivity index (χ3n) is 4.17. The zero-order valence-electron chi connectivity index (χ0n) is 16.4. The zero-order valence-corrected chi connectivity index (χ0v) is 16.4. The number of rotatable bonds is 6. The highest BCUT2D eigenvalue weighted by molar-refractivity contribution is 6.01. The molecule has 2 rings (SSSR count). The maximum atomic E-state index is 12.5. The van der Waals surface area contributed by atoms with Crippen LogP contribution in [0.5, 0.6) is 0 Å². The molecule has 0 saturated heterocycles. The summed E-state index contributed by atoms with van der Waals surface area (Å²) < 4.78 is 5.21. The molecule has 0 aliphatic carbocycles. The Morgan fingerprint density at radius 3 is 2.14 bits per heavy atom. The van der Waals surface area contributed by atoms with Crippen LogP contribution in [0, 0.1) is 11.3 Å². The molecule has 0 aliphatic heterocycles. The monoisotopic (exact) mass is 377 g/mol. The van der Waals surface area contributed by atoms with Gasteiger partial charge in [0, 0.05) is 32.5 Å². The maximum Gasteiger partial charge on any atom is 0.349 e. The number of nitriles is 1. The average molecular weight is 377 g/mol. The number of hydrogen-bond donors (Lipinski definition) is 0. The van der Waals surface area contributed by atoms with E-state index in [4.69, 9.17) is 4.74 Å². The van der Waals surface area contributed by atoms with Gasteiger partial charge < -0.3 is 14.5 Å². The Hall–Kier alpha value is -3.59. The number of carbonyl (C=O) groups is 2. The Balaban J connectivity index is 2.08. The topological polar surface area (TPSA) is 73.6 Å². The summed E-state index contributed by atoms with van der Waals surface area (Å²) in [7, 11) is 5.46. The van der Waals surface area contributed by atoms with E-state index < -0.39 is 12.1 Å². The number of ether oxygens (including phenoxy) is 1. The lowest BCUT2D eigenvalue weighted by Gasteiger charge is -2.21. The quantitative estimate of drug-likeness (QED) is 0.439. The van der Waals surface area contributed by atoms with Gasteiger partial charge in [0.1, 0.15) is 11.6 Å². The normalized spacial score (nSPS) is 11.9. The smallest absolute Gasteiger partial charge is 0.349 e. The first-order valence-electron chi connectivity index (χ1n) is 8.76. The summed E-state index contributed by atoms with van der Waals surface area (Å²) in [5.74, 6) is -1.21. The molecule has 0 fully saturated rings.